The number of ether oxygens (including phenoxy) is 1. The molecule has 0 radical (unpaired) electrons. The van der Waals surface area contributed by atoms with Crippen molar-refractivity contribution in [3.63, 3.8) is 0 Å². The number of amides is 2. The summed E-state index contributed by atoms with van der Waals surface area (Å²) in [5, 5.41) is 2.92. The summed E-state index contributed by atoms with van der Waals surface area (Å²) in [6, 6.07) is 7.07. The van der Waals surface area contributed by atoms with Crippen molar-refractivity contribution >= 4 is 22.5 Å². The van der Waals surface area contributed by atoms with Crippen LogP contribution in [0.25, 0.3) is 0 Å². The van der Waals surface area contributed by atoms with Crippen molar-refractivity contribution in [2.75, 3.05) is 37.9 Å². The Hall–Kier alpha value is -1.40. The van der Waals surface area contributed by atoms with E-state index >= 15 is 0 Å². The number of hydrogen-bond acceptors (Lipinski definition) is 3. The smallest absolute Gasteiger partial charge is 0.321 e. The van der Waals surface area contributed by atoms with Crippen LogP contribution in [0.15, 0.2) is 29.2 Å². The second-order valence-electron chi connectivity index (χ2n) is 6.24. The van der Waals surface area contributed by atoms with Gasteiger partial charge in [-0.2, -0.15) is 0 Å². The first-order chi connectivity index (χ1) is 10.6. The molecule has 22 heavy (non-hydrogen) atoms. The molecule has 1 saturated heterocycles. The van der Waals surface area contributed by atoms with Crippen molar-refractivity contribution in [3.05, 3.63) is 24.3 Å². The lowest BCUT2D eigenvalue weighted by Gasteiger charge is -2.42. The molecule has 1 saturated carbocycles. The lowest BCUT2D eigenvalue weighted by molar-refractivity contribution is 0.0130. The second-order valence-corrected chi connectivity index (χ2v) is 7.62. The van der Waals surface area contributed by atoms with E-state index in [1.807, 2.05) is 4.90 Å². The third kappa shape index (κ3) is 3.33. The zero-order valence-corrected chi connectivity index (χ0v) is 13.7. The van der Waals surface area contributed by atoms with Gasteiger partial charge in [-0.05, 0) is 37.1 Å². The number of anilines is 1. The molecule has 3 rings (SSSR count). The Morgan fingerprint density at radius 2 is 2.05 bits per heavy atom. The molecule has 1 aliphatic heterocycles. The molecule has 1 aliphatic carbocycles. The van der Waals surface area contributed by atoms with Crippen LogP contribution in [0, 0.1) is 5.41 Å². The maximum absolute atomic E-state index is 12.5. The average Bonchev–Trinajstić information content (AvgIpc) is 2.70. The molecule has 6 heteroatoms. The van der Waals surface area contributed by atoms with Gasteiger partial charge in [0.2, 0.25) is 0 Å². The summed E-state index contributed by atoms with van der Waals surface area (Å²) >= 11 is 0. The Balaban J connectivity index is 1.64. The zero-order chi connectivity index (χ0) is 15.6. The van der Waals surface area contributed by atoms with E-state index in [-0.39, 0.29) is 11.4 Å². The van der Waals surface area contributed by atoms with Crippen molar-refractivity contribution < 1.29 is 13.7 Å². The molecule has 1 N–H and O–H groups in total. The van der Waals surface area contributed by atoms with Crippen molar-refractivity contribution in [2.24, 2.45) is 5.41 Å². The Labute approximate surface area is 133 Å². The van der Waals surface area contributed by atoms with E-state index < -0.39 is 10.8 Å². The van der Waals surface area contributed by atoms with E-state index in [2.05, 4.69) is 5.32 Å². The second kappa shape index (κ2) is 6.38. The number of carbonyl (C=O) groups excluding carboxylic acids is 1. The highest BCUT2D eigenvalue weighted by Crippen LogP contribution is 2.42. The fourth-order valence-electron chi connectivity index (χ4n) is 3.08. The van der Waals surface area contributed by atoms with Crippen LogP contribution in [-0.2, 0) is 15.5 Å². The van der Waals surface area contributed by atoms with Crippen LogP contribution in [-0.4, -0.2) is 47.7 Å². The van der Waals surface area contributed by atoms with Gasteiger partial charge in [0.1, 0.15) is 0 Å². The molecule has 0 bridgehead atoms. The van der Waals surface area contributed by atoms with Gasteiger partial charge in [-0.1, -0.05) is 6.42 Å². The van der Waals surface area contributed by atoms with Gasteiger partial charge in [0.15, 0.2) is 0 Å². The Bertz CT molecular complexity index is 569. The summed E-state index contributed by atoms with van der Waals surface area (Å²) in [5.41, 5.74) is 0.906. The van der Waals surface area contributed by atoms with E-state index in [1.54, 1.807) is 30.5 Å². The summed E-state index contributed by atoms with van der Waals surface area (Å²) in [7, 11) is -1.00. The van der Waals surface area contributed by atoms with Gasteiger partial charge < -0.3 is 15.0 Å². The Kier molecular flexibility index (Phi) is 4.49. The minimum absolute atomic E-state index is 0.0813. The monoisotopic (exact) mass is 322 g/mol. The normalized spacial score (nSPS) is 21.8. The van der Waals surface area contributed by atoms with E-state index in [4.69, 9.17) is 4.74 Å². The molecule has 0 unspecified atom stereocenters. The van der Waals surface area contributed by atoms with Crippen LogP contribution >= 0.6 is 0 Å². The highest BCUT2D eigenvalue weighted by Gasteiger charge is 2.41. The predicted octanol–water partition coefficient (Wildman–Crippen LogP) is 2.46. The first-order valence-electron chi connectivity index (χ1n) is 7.65. The summed E-state index contributed by atoms with van der Waals surface area (Å²) in [5.74, 6) is 0. The first kappa shape index (κ1) is 15.5. The minimum atomic E-state index is -1.00. The van der Waals surface area contributed by atoms with Crippen molar-refractivity contribution in [3.8, 4) is 0 Å². The zero-order valence-electron chi connectivity index (χ0n) is 12.8. The van der Waals surface area contributed by atoms with Gasteiger partial charge in [-0.25, -0.2) is 4.79 Å². The molecule has 1 heterocycles. The maximum atomic E-state index is 12.5. The SMILES string of the molecule is C[S@@](=O)c1ccc(NC(=O)N2CCOCC3(CCC3)C2)cc1. The molecular formula is C16H22N2O3S. The molecule has 1 aromatic rings. The summed E-state index contributed by atoms with van der Waals surface area (Å²) in [6.07, 6.45) is 5.17. The van der Waals surface area contributed by atoms with Crippen LogP contribution in [0.3, 0.4) is 0 Å². The molecule has 2 fully saturated rings. The van der Waals surface area contributed by atoms with Gasteiger partial charge >= 0.3 is 6.03 Å². The van der Waals surface area contributed by atoms with E-state index in [1.165, 1.54) is 6.42 Å². The van der Waals surface area contributed by atoms with Gasteiger partial charge in [0, 0.05) is 46.1 Å². The number of nitrogens with one attached hydrogen (secondary N) is 1. The molecule has 2 aliphatic rings. The van der Waals surface area contributed by atoms with Gasteiger partial charge in [0.25, 0.3) is 0 Å². The summed E-state index contributed by atoms with van der Waals surface area (Å²) in [4.78, 5) is 15.1. The Morgan fingerprint density at radius 1 is 1.32 bits per heavy atom. The molecular weight excluding hydrogens is 300 g/mol. The molecule has 1 atom stereocenters. The third-order valence-corrected chi connectivity index (χ3v) is 5.52. The van der Waals surface area contributed by atoms with Crippen LogP contribution in [0.4, 0.5) is 10.5 Å². The topological polar surface area (TPSA) is 58.6 Å². The Morgan fingerprint density at radius 3 is 2.64 bits per heavy atom. The highest BCUT2D eigenvalue weighted by molar-refractivity contribution is 7.84. The van der Waals surface area contributed by atoms with E-state index in [0.29, 0.717) is 13.2 Å². The van der Waals surface area contributed by atoms with Crippen LogP contribution in [0.5, 0.6) is 0 Å². The number of urea groups is 1. The van der Waals surface area contributed by atoms with E-state index in [0.717, 1.165) is 36.6 Å². The number of carbonyl (C=O) groups is 1. The largest absolute Gasteiger partial charge is 0.379 e. The quantitative estimate of drug-likeness (QED) is 0.910. The standard InChI is InChI=1S/C16H22N2O3S/c1-22(20)14-5-3-13(4-6-14)17-15(19)18-9-10-21-12-16(11-18)7-2-8-16/h3-6H,2,7-12H2,1H3,(H,17,19)/t22-/m1/s1. The molecule has 1 aromatic carbocycles. The number of nitrogens with zero attached hydrogens (tertiary/aromatic N) is 1. The molecule has 120 valence electrons. The van der Waals surface area contributed by atoms with Crippen LogP contribution in [0.1, 0.15) is 19.3 Å². The van der Waals surface area contributed by atoms with Crippen LogP contribution in [0.2, 0.25) is 0 Å². The van der Waals surface area contributed by atoms with Gasteiger partial charge in [-0.15, -0.1) is 0 Å². The predicted molar refractivity (Wildman–Crippen MR) is 86.5 cm³/mol. The van der Waals surface area contributed by atoms with Gasteiger partial charge in [-0.3, -0.25) is 4.21 Å². The van der Waals surface area contributed by atoms with Gasteiger partial charge in [0.05, 0.1) is 13.2 Å². The van der Waals surface area contributed by atoms with E-state index in [9.17, 15) is 9.00 Å². The fourth-order valence-corrected chi connectivity index (χ4v) is 3.60. The number of benzene rings is 1. The molecule has 0 aromatic heterocycles. The lowest BCUT2D eigenvalue weighted by atomic mass is 9.69. The first-order valence-corrected chi connectivity index (χ1v) is 9.21. The van der Waals surface area contributed by atoms with Crippen molar-refractivity contribution in [2.45, 2.75) is 24.2 Å². The fraction of sp³-hybridized carbons (Fsp3) is 0.562. The number of rotatable bonds is 2. The highest BCUT2D eigenvalue weighted by atomic mass is 32.2. The van der Waals surface area contributed by atoms with Crippen LogP contribution < -0.4 is 5.32 Å². The lowest BCUT2D eigenvalue weighted by Crippen LogP contribution is -2.46. The molecule has 1 spiro atoms. The molecule has 2 amide bonds. The molecule has 5 nitrogen and oxygen atoms in total. The third-order valence-electron chi connectivity index (χ3n) is 4.58. The van der Waals surface area contributed by atoms with Crippen molar-refractivity contribution in [1.82, 2.24) is 4.90 Å². The summed E-state index contributed by atoms with van der Waals surface area (Å²) < 4.78 is 17.0. The number of hydrogen-bond donors (Lipinski definition) is 1. The van der Waals surface area contributed by atoms with Crippen molar-refractivity contribution in [1.29, 1.82) is 0 Å². The average molecular weight is 322 g/mol. The maximum Gasteiger partial charge on any atom is 0.321 e. The summed E-state index contributed by atoms with van der Waals surface area (Å²) in [6.45, 7) is 2.78. The minimum Gasteiger partial charge on any atom is -0.379 e.